The quantitative estimate of drug-likeness (QED) is 0.729. The molecular formula is C13H14F6O5S2. The van der Waals surface area contributed by atoms with Crippen LogP contribution in [0.15, 0.2) is 12.1 Å². The van der Waals surface area contributed by atoms with Crippen LogP contribution in [0.4, 0.5) is 26.3 Å². The number of benzene rings is 1. The van der Waals surface area contributed by atoms with Crippen molar-refractivity contribution in [1.29, 1.82) is 0 Å². The van der Waals surface area contributed by atoms with E-state index in [9.17, 15) is 48.3 Å². The van der Waals surface area contributed by atoms with Crippen molar-refractivity contribution in [3.8, 4) is 5.75 Å². The van der Waals surface area contributed by atoms with Gasteiger partial charge in [0.1, 0.15) is 5.75 Å². The fraction of sp³-hybridized carbons (Fsp3) is 0.538. The largest absolute Gasteiger partial charge is 0.507 e. The van der Waals surface area contributed by atoms with Crippen molar-refractivity contribution < 1.29 is 48.3 Å². The minimum absolute atomic E-state index is 0.118. The molecule has 0 saturated heterocycles. The Morgan fingerprint density at radius 2 is 1.31 bits per heavy atom. The van der Waals surface area contributed by atoms with Crippen LogP contribution in [0.2, 0.25) is 0 Å². The maximum Gasteiger partial charge on any atom is 0.498 e. The van der Waals surface area contributed by atoms with Gasteiger partial charge in [-0.2, -0.15) is 26.3 Å². The summed E-state index contributed by atoms with van der Waals surface area (Å²) < 4.78 is 119. The first kappa shape index (κ1) is 22.5. The highest BCUT2D eigenvalue weighted by Crippen LogP contribution is 2.39. The van der Waals surface area contributed by atoms with E-state index >= 15 is 0 Å². The molecule has 0 heterocycles. The van der Waals surface area contributed by atoms with Gasteiger partial charge < -0.3 is 5.11 Å². The second-order valence-corrected chi connectivity index (χ2v) is 9.94. The third-order valence-electron chi connectivity index (χ3n) is 3.52. The standard InChI is InChI=1S/C13H14F6O5S2/c1-3-8-4-7(2)5-9(11(8)20)6-10(25(21,22)12(14,15)16)26(23,24)13(17,18)19/h4-5,10,20H,3,6H2,1-2H3. The molecule has 0 radical (unpaired) electrons. The number of sulfone groups is 2. The third-order valence-corrected chi connectivity index (χ3v) is 8.05. The fourth-order valence-electron chi connectivity index (χ4n) is 2.22. The van der Waals surface area contributed by atoms with E-state index in [2.05, 4.69) is 0 Å². The smallest absolute Gasteiger partial charge is 0.498 e. The summed E-state index contributed by atoms with van der Waals surface area (Å²) in [6, 6.07) is 2.31. The lowest BCUT2D eigenvalue weighted by atomic mass is 10.0. The van der Waals surface area contributed by atoms with E-state index in [1.54, 1.807) is 0 Å². The number of hydrogen-bond donors (Lipinski definition) is 1. The van der Waals surface area contributed by atoms with Crippen LogP contribution in [0.1, 0.15) is 23.6 Å². The van der Waals surface area contributed by atoms with Crippen molar-refractivity contribution in [2.45, 2.75) is 42.3 Å². The fourth-order valence-corrected chi connectivity index (χ4v) is 5.61. The normalized spacial score (nSPS) is 14.0. The number of phenols is 1. The van der Waals surface area contributed by atoms with Gasteiger partial charge in [-0.1, -0.05) is 24.6 Å². The second kappa shape index (κ2) is 6.91. The van der Waals surface area contributed by atoms with Crippen LogP contribution in [0, 0.1) is 6.92 Å². The summed E-state index contributed by atoms with van der Waals surface area (Å²) in [5.41, 5.74) is -12.7. The Hall–Kier alpha value is -1.50. The number of aromatic hydroxyl groups is 1. The summed E-state index contributed by atoms with van der Waals surface area (Å²) >= 11 is 0. The van der Waals surface area contributed by atoms with Gasteiger partial charge in [-0.3, -0.25) is 0 Å². The predicted molar refractivity (Wildman–Crippen MR) is 79.7 cm³/mol. The average Bonchev–Trinajstić information content (AvgIpc) is 2.44. The molecule has 0 amide bonds. The molecule has 5 nitrogen and oxygen atoms in total. The molecule has 0 bridgehead atoms. The molecule has 150 valence electrons. The number of phenolic OH excluding ortho intramolecular Hbond substituents is 1. The van der Waals surface area contributed by atoms with Crippen LogP contribution in [0.3, 0.4) is 0 Å². The molecule has 26 heavy (non-hydrogen) atoms. The van der Waals surface area contributed by atoms with Crippen LogP contribution < -0.4 is 0 Å². The molecule has 0 aliphatic heterocycles. The summed E-state index contributed by atoms with van der Waals surface area (Å²) in [6.07, 6.45) is -1.58. The number of rotatable bonds is 5. The van der Waals surface area contributed by atoms with Crippen molar-refractivity contribution in [1.82, 2.24) is 0 Å². The zero-order valence-electron chi connectivity index (χ0n) is 13.3. The topological polar surface area (TPSA) is 88.5 Å². The first-order valence-electron chi connectivity index (χ1n) is 6.88. The van der Waals surface area contributed by atoms with Gasteiger partial charge in [0, 0.05) is 6.42 Å². The lowest BCUT2D eigenvalue weighted by Gasteiger charge is -2.22. The lowest BCUT2D eigenvalue weighted by Crippen LogP contribution is -2.46. The van der Waals surface area contributed by atoms with Gasteiger partial charge in [-0.15, -0.1) is 0 Å². The highest BCUT2D eigenvalue weighted by molar-refractivity contribution is 8.09. The molecule has 1 N–H and O–H groups in total. The maximum absolute atomic E-state index is 12.7. The third kappa shape index (κ3) is 4.08. The van der Waals surface area contributed by atoms with E-state index in [-0.39, 0.29) is 12.0 Å². The molecule has 0 aromatic heterocycles. The van der Waals surface area contributed by atoms with Crippen molar-refractivity contribution in [3.05, 3.63) is 28.8 Å². The van der Waals surface area contributed by atoms with Gasteiger partial charge in [0.2, 0.25) is 0 Å². The number of alkyl halides is 6. The van der Waals surface area contributed by atoms with Crippen LogP contribution in [-0.4, -0.2) is 37.5 Å². The molecule has 0 unspecified atom stereocenters. The summed E-state index contributed by atoms with van der Waals surface area (Å²) in [7, 11) is -13.5. The van der Waals surface area contributed by atoms with Gasteiger partial charge in [0.15, 0.2) is 4.58 Å². The summed E-state index contributed by atoms with van der Waals surface area (Å²) in [6.45, 7) is 2.92. The zero-order chi connectivity index (χ0) is 20.7. The maximum atomic E-state index is 12.7. The Labute approximate surface area is 145 Å². The SMILES string of the molecule is CCc1cc(C)cc(CC(S(=O)(=O)C(F)(F)F)S(=O)(=O)C(F)(F)F)c1O. The minimum Gasteiger partial charge on any atom is -0.507 e. The average molecular weight is 428 g/mol. The highest BCUT2D eigenvalue weighted by Gasteiger charge is 2.62. The molecule has 13 heteroatoms. The van der Waals surface area contributed by atoms with Crippen molar-refractivity contribution in [2.24, 2.45) is 0 Å². The Bertz CT molecular complexity index is 841. The van der Waals surface area contributed by atoms with Gasteiger partial charge in [-0.25, -0.2) is 16.8 Å². The Balaban J connectivity index is 3.69. The van der Waals surface area contributed by atoms with Gasteiger partial charge in [0.05, 0.1) is 0 Å². The molecule has 0 atom stereocenters. The van der Waals surface area contributed by atoms with E-state index in [1.807, 2.05) is 0 Å². The molecule has 1 aromatic carbocycles. The summed E-state index contributed by atoms with van der Waals surface area (Å²) in [4.78, 5) is 0. The van der Waals surface area contributed by atoms with E-state index in [0.717, 1.165) is 6.07 Å². The number of halogens is 6. The van der Waals surface area contributed by atoms with E-state index in [0.29, 0.717) is 5.56 Å². The van der Waals surface area contributed by atoms with Gasteiger partial charge >= 0.3 is 11.0 Å². The first-order valence-corrected chi connectivity index (χ1v) is 9.97. The highest BCUT2D eigenvalue weighted by atomic mass is 32.3. The zero-order valence-corrected chi connectivity index (χ0v) is 14.9. The molecule has 0 aliphatic rings. The van der Waals surface area contributed by atoms with Gasteiger partial charge in [-0.05, 0) is 24.5 Å². The molecule has 0 fully saturated rings. The van der Waals surface area contributed by atoms with Crippen LogP contribution in [0.5, 0.6) is 5.75 Å². The Kier molecular flexibility index (Phi) is 5.99. The van der Waals surface area contributed by atoms with E-state index in [1.165, 1.54) is 19.9 Å². The minimum atomic E-state index is -6.75. The Morgan fingerprint density at radius 3 is 1.65 bits per heavy atom. The second-order valence-electron chi connectivity index (χ2n) is 5.40. The van der Waals surface area contributed by atoms with E-state index < -0.39 is 53.0 Å². The molecule has 1 rings (SSSR count). The van der Waals surface area contributed by atoms with Crippen LogP contribution in [0.25, 0.3) is 0 Å². The predicted octanol–water partition coefficient (Wildman–Crippen LogP) is 3.00. The molecular weight excluding hydrogens is 414 g/mol. The van der Waals surface area contributed by atoms with E-state index in [4.69, 9.17) is 0 Å². The van der Waals surface area contributed by atoms with Crippen molar-refractivity contribution in [2.75, 3.05) is 0 Å². The summed E-state index contributed by atoms with van der Waals surface area (Å²) in [5, 5.41) is 9.95. The van der Waals surface area contributed by atoms with Crippen LogP contribution in [-0.2, 0) is 32.5 Å². The van der Waals surface area contributed by atoms with Gasteiger partial charge in [0.25, 0.3) is 19.7 Å². The lowest BCUT2D eigenvalue weighted by molar-refractivity contribution is -0.0471. The molecule has 0 saturated carbocycles. The summed E-state index contributed by atoms with van der Waals surface area (Å²) in [5.74, 6) is -0.752. The monoisotopic (exact) mass is 428 g/mol. The molecule has 1 aromatic rings. The first-order chi connectivity index (χ1) is 11.5. The molecule has 0 spiro atoms. The van der Waals surface area contributed by atoms with Crippen molar-refractivity contribution in [3.63, 3.8) is 0 Å². The number of aryl methyl sites for hydroxylation is 2. The number of hydrogen-bond acceptors (Lipinski definition) is 5. The molecule has 0 aliphatic carbocycles. The van der Waals surface area contributed by atoms with Crippen LogP contribution >= 0.6 is 0 Å². The van der Waals surface area contributed by atoms with Crippen molar-refractivity contribution >= 4 is 19.7 Å². The Morgan fingerprint density at radius 1 is 0.923 bits per heavy atom.